The van der Waals surface area contributed by atoms with Gasteiger partial charge in [-0.05, 0) is 37.3 Å². The van der Waals surface area contributed by atoms with Crippen LogP contribution in [0, 0.1) is 24.2 Å². The normalized spacial score (nSPS) is 33.5. The first kappa shape index (κ1) is 15.0. The molecule has 0 amide bonds. The maximum Gasteiger partial charge on any atom is 0.187 e. The van der Waals surface area contributed by atoms with Crippen LogP contribution >= 0.6 is 11.8 Å². The van der Waals surface area contributed by atoms with E-state index in [2.05, 4.69) is 9.84 Å². The van der Waals surface area contributed by atoms with Crippen LogP contribution in [-0.4, -0.2) is 23.6 Å². The Kier molecular flexibility index (Phi) is 3.58. The van der Waals surface area contributed by atoms with Crippen LogP contribution in [0.1, 0.15) is 24.8 Å². The molecule has 0 aromatic heterocycles. The van der Waals surface area contributed by atoms with Crippen molar-refractivity contribution in [2.75, 3.05) is 12.4 Å². The molecular formula is C17H18FN3OS. The maximum absolute atomic E-state index is 14.6. The number of aliphatic imine (C=N–C) groups is 1. The molecule has 2 fully saturated rings. The highest BCUT2D eigenvalue weighted by atomic mass is 32.2. The predicted molar refractivity (Wildman–Crippen MR) is 89.0 cm³/mol. The van der Waals surface area contributed by atoms with E-state index in [1.807, 2.05) is 0 Å². The van der Waals surface area contributed by atoms with Crippen LogP contribution < -0.4 is 5.73 Å². The van der Waals surface area contributed by atoms with Crippen molar-refractivity contribution in [3.63, 3.8) is 0 Å². The van der Waals surface area contributed by atoms with Crippen LogP contribution in [0.4, 0.5) is 10.1 Å². The summed E-state index contributed by atoms with van der Waals surface area (Å²) in [6.45, 7) is 7.54. The van der Waals surface area contributed by atoms with Gasteiger partial charge in [0.05, 0.1) is 19.3 Å². The fourth-order valence-corrected chi connectivity index (χ4v) is 4.72. The molecule has 1 aromatic carbocycles. The number of hydrogen-bond donors (Lipinski definition) is 1. The molecule has 1 aromatic rings. The highest BCUT2D eigenvalue weighted by Crippen LogP contribution is 2.50. The summed E-state index contributed by atoms with van der Waals surface area (Å²) in [5.74, 6) is 1.33. The van der Waals surface area contributed by atoms with Gasteiger partial charge < -0.3 is 10.5 Å². The van der Waals surface area contributed by atoms with Crippen molar-refractivity contribution in [1.82, 2.24) is 0 Å². The molecule has 4 rings (SSSR count). The number of thioether (sulfide) groups is 1. The van der Waals surface area contributed by atoms with E-state index in [1.54, 1.807) is 6.07 Å². The Morgan fingerprint density at radius 1 is 1.43 bits per heavy atom. The van der Waals surface area contributed by atoms with E-state index < -0.39 is 5.54 Å². The highest BCUT2D eigenvalue weighted by molar-refractivity contribution is 8.13. The quantitative estimate of drug-likeness (QED) is 0.845. The van der Waals surface area contributed by atoms with Crippen LogP contribution in [0.3, 0.4) is 0 Å². The van der Waals surface area contributed by atoms with Gasteiger partial charge >= 0.3 is 0 Å². The summed E-state index contributed by atoms with van der Waals surface area (Å²) in [6.07, 6.45) is 3.60. The van der Waals surface area contributed by atoms with Crippen LogP contribution in [-0.2, 0) is 10.3 Å². The molecule has 2 aliphatic heterocycles. The van der Waals surface area contributed by atoms with Gasteiger partial charge in [-0.1, -0.05) is 17.8 Å². The van der Waals surface area contributed by atoms with E-state index in [0.29, 0.717) is 28.9 Å². The standard InChI is InChI=1S/C17H18FN3OS/c1-20-12-4-5-14(18)13(7-12)17-9-22-15(10-2-3-10)6-11(17)8-23-16(19)21-17/h4-5,7,10-11,15H,2-3,6,8-9H2,(H2,19,21)/t11-,15+,17-/m0/s1. The molecule has 0 radical (unpaired) electrons. The Labute approximate surface area is 139 Å². The third kappa shape index (κ3) is 2.52. The van der Waals surface area contributed by atoms with Gasteiger partial charge in [-0.2, -0.15) is 0 Å². The van der Waals surface area contributed by atoms with Gasteiger partial charge in [0.15, 0.2) is 10.9 Å². The SMILES string of the molecule is [C-]#[N+]c1ccc(F)c([C@]23CO[C@@H](C4CC4)C[C@H]2CSC(N)=N3)c1. The van der Waals surface area contributed by atoms with Crippen molar-refractivity contribution in [1.29, 1.82) is 0 Å². The molecule has 4 nitrogen and oxygen atoms in total. The van der Waals surface area contributed by atoms with E-state index in [9.17, 15) is 4.39 Å². The third-order valence-electron chi connectivity index (χ3n) is 5.15. The van der Waals surface area contributed by atoms with E-state index >= 15 is 0 Å². The first-order chi connectivity index (χ1) is 11.1. The number of halogens is 1. The highest BCUT2D eigenvalue weighted by Gasteiger charge is 2.51. The van der Waals surface area contributed by atoms with Crippen molar-refractivity contribution in [3.05, 3.63) is 41.0 Å². The molecule has 0 unspecified atom stereocenters. The Bertz CT molecular complexity index is 712. The molecule has 3 atom stereocenters. The van der Waals surface area contributed by atoms with E-state index in [4.69, 9.17) is 17.0 Å². The van der Waals surface area contributed by atoms with Crippen molar-refractivity contribution in [3.8, 4) is 0 Å². The monoisotopic (exact) mass is 331 g/mol. The molecule has 1 saturated heterocycles. The number of hydrogen-bond acceptors (Lipinski definition) is 4. The summed E-state index contributed by atoms with van der Waals surface area (Å²) in [7, 11) is 0. The maximum atomic E-state index is 14.6. The molecule has 1 aliphatic carbocycles. The minimum absolute atomic E-state index is 0.189. The zero-order valence-electron chi connectivity index (χ0n) is 12.7. The summed E-state index contributed by atoms with van der Waals surface area (Å²) in [4.78, 5) is 8.08. The molecule has 1 saturated carbocycles. The third-order valence-corrected chi connectivity index (χ3v) is 6.10. The van der Waals surface area contributed by atoms with Gasteiger partial charge in [0.25, 0.3) is 0 Å². The molecule has 0 bridgehead atoms. The topological polar surface area (TPSA) is 52.0 Å². The summed E-state index contributed by atoms with van der Waals surface area (Å²) in [6, 6.07) is 4.47. The largest absolute Gasteiger partial charge is 0.379 e. The first-order valence-corrected chi connectivity index (χ1v) is 8.88. The van der Waals surface area contributed by atoms with Gasteiger partial charge in [0, 0.05) is 17.2 Å². The first-order valence-electron chi connectivity index (χ1n) is 7.89. The van der Waals surface area contributed by atoms with Crippen LogP contribution in [0.15, 0.2) is 23.2 Å². The van der Waals surface area contributed by atoms with Gasteiger partial charge in [-0.25, -0.2) is 14.2 Å². The average Bonchev–Trinajstić information content (AvgIpc) is 3.39. The Hall–Kier alpha value is -1.58. The molecular weight excluding hydrogens is 313 g/mol. The fraction of sp³-hybridized carbons (Fsp3) is 0.529. The Morgan fingerprint density at radius 3 is 3.00 bits per heavy atom. The minimum Gasteiger partial charge on any atom is -0.379 e. The van der Waals surface area contributed by atoms with E-state index in [-0.39, 0.29) is 17.8 Å². The number of benzene rings is 1. The summed E-state index contributed by atoms with van der Waals surface area (Å²) >= 11 is 1.54. The lowest BCUT2D eigenvalue weighted by Crippen LogP contribution is -2.50. The minimum atomic E-state index is -0.786. The van der Waals surface area contributed by atoms with Gasteiger partial charge in [-0.15, -0.1) is 0 Å². The molecule has 0 spiro atoms. The number of fused-ring (bicyclic) bond motifs is 1. The number of amidine groups is 1. The van der Waals surface area contributed by atoms with Crippen LogP contribution in [0.25, 0.3) is 4.85 Å². The predicted octanol–water partition coefficient (Wildman–Crippen LogP) is 3.45. The summed E-state index contributed by atoms with van der Waals surface area (Å²) in [5, 5.41) is 0.474. The number of ether oxygens (including phenoxy) is 1. The van der Waals surface area contributed by atoms with Crippen molar-refractivity contribution >= 4 is 22.6 Å². The second kappa shape index (κ2) is 5.50. The smallest absolute Gasteiger partial charge is 0.187 e. The van der Waals surface area contributed by atoms with Crippen molar-refractivity contribution in [2.24, 2.45) is 22.6 Å². The number of nitrogens with two attached hydrogens (primary N) is 1. The Balaban J connectivity index is 1.78. The number of rotatable bonds is 2. The van der Waals surface area contributed by atoms with E-state index in [1.165, 1.54) is 36.7 Å². The second-order valence-electron chi connectivity index (χ2n) is 6.58. The van der Waals surface area contributed by atoms with Crippen LogP contribution in [0.2, 0.25) is 0 Å². The van der Waals surface area contributed by atoms with Gasteiger partial charge in [0.2, 0.25) is 0 Å². The average molecular weight is 331 g/mol. The molecule has 6 heteroatoms. The van der Waals surface area contributed by atoms with Crippen molar-refractivity contribution < 1.29 is 9.13 Å². The van der Waals surface area contributed by atoms with Crippen molar-refractivity contribution in [2.45, 2.75) is 30.9 Å². The molecule has 2 N–H and O–H groups in total. The summed E-state index contributed by atoms with van der Waals surface area (Å²) in [5.41, 5.74) is 6.05. The molecule has 3 aliphatic rings. The summed E-state index contributed by atoms with van der Waals surface area (Å²) < 4.78 is 20.7. The lowest BCUT2D eigenvalue weighted by atomic mass is 9.74. The van der Waals surface area contributed by atoms with Gasteiger partial charge in [-0.3, -0.25) is 0 Å². The molecule has 120 valence electrons. The molecule has 2 heterocycles. The van der Waals surface area contributed by atoms with Crippen LogP contribution in [0.5, 0.6) is 0 Å². The zero-order valence-corrected chi connectivity index (χ0v) is 13.5. The van der Waals surface area contributed by atoms with E-state index in [0.717, 1.165) is 12.2 Å². The van der Waals surface area contributed by atoms with Gasteiger partial charge in [0.1, 0.15) is 11.4 Å². The molecule has 23 heavy (non-hydrogen) atoms. The number of nitrogens with zero attached hydrogens (tertiary/aromatic N) is 2. The fourth-order valence-electron chi connectivity index (χ4n) is 3.71. The second-order valence-corrected chi connectivity index (χ2v) is 7.62. The lowest BCUT2D eigenvalue weighted by molar-refractivity contribution is -0.0663. The Morgan fingerprint density at radius 2 is 2.26 bits per heavy atom. The zero-order chi connectivity index (χ0) is 16.0. The lowest BCUT2D eigenvalue weighted by Gasteiger charge is -2.46.